The molecule has 0 saturated heterocycles. The Bertz CT molecular complexity index is 410. The summed E-state index contributed by atoms with van der Waals surface area (Å²) in [4.78, 5) is 23.0. The lowest BCUT2D eigenvalue weighted by Gasteiger charge is -2.42. The average molecular weight is 307 g/mol. The highest BCUT2D eigenvalue weighted by Gasteiger charge is 2.45. The first-order valence-corrected chi connectivity index (χ1v) is 7.32. The van der Waals surface area contributed by atoms with Crippen molar-refractivity contribution in [1.82, 2.24) is 5.32 Å². The zero-order chi connectivity index (χ0) is 15.7. The van der Waals surface area contributed by atoms with E-state index in [1.54, 1.807) is 0 Å². The number of carboxylic acid groups (broad SMARTS) is 1. The molecule has 0 unspecified atom stereocenters. The van der Waals surface area contributed by atoms with Crippen LogP contribution in [0.15, 0.2) is 0 Å². The molecule has 1 amide bonds. The summed E-state index contributed by atoms with van der Waals surface area (Å²) in [6, 6.07) is 0. The Balaban J connectivity index is 1.86. The molecule has 2 N–H and O–H groups in total. The lowest BCUT2D eigenvalue weighted by molar-refractivity contribution is -0.185. The number of amides is 1. The predicted octanol–water partition coefficient (Wildman–Crippen LogP) is 2.87. The average Bonchev–Trinajstić information content (AvgIpc) is 2.34. The standard InChI is InChI=1S/C14H20F3NO3/c15-14(16,17)10-4-2-9(3-5-10)12(21)18-13(6-1-7-13)8-11(19)20/h9-10H,1-8H2,(H,18,21)(H,19,20). The zero-order valence-electron chi connectivity index (χ0n) is 11.7. The summed E-state index contributed by atoms with van der Waals surface area (Å²) >= 11 is 0. The minimum atomic E-state index is -4.18. The number of aliphatic carboxylic acids is 1. The molecule has 2 aliphatic carbocycles. The zero-order valence-corrected chi connectivity index (χ0v) is 11.7. The summed E-state index contributed by atoms with van der Waals surface area (Å²) in [6.45, 7) is 0. The molecule has 0 atom stereocenters. The molecule has 21 heavy (non-hydrogen) atoms. The quantitative estimate of drug-likeness (QED) is 0.839. The first kappa shape index (κ1) is 16.1. The minimum Gasteiger partial charge on any atom is -0.481 e. The van der Waals surface area contributed by atoms with Crippen molar-refractivity contribution in [3.8, 4) is 0 Å². The molecule has 0 aliphatic heterocycles. The van der Waals surface area contributed by atoms with Gasteiger partial charge in [0.2, 0.25) is 5.91 Å². The molecule has 0 aromatic carbocycles. The molecular formula is C14H20F3NO3. The van der Waals surface area contributed by atoms with Crippen molar-refractivity contribution in [3.05, 3.63) is 0 Å². The second-order valence-electron chi connectivity index (χ2n) is 6.28. The van der Waals surface area contributed by atoms with Crippen LogP contribution >= 0.6 is 0 Å². The summed E-state index contributed by atoms with van der Waals surface area (Å²) in [5, 5.41) is 11.7. The van der Waals surface area contributed by atoms with E-state index >= 15 is 0 Å². The van der Waals surface area contributed by atoms with Gasteiger partial charge in [-0.15, -0.1) is 0 Å². The highest BCUT2D eigenvalue weighted by Crippen LogP contribution is 2.40. The fourth-order valence-electron chi connectivity index (χ4n) is 3.29. The van der Waals surface area contributed by atoms with E-state index in [1.807, 2.05) is 0 Å². The van der Waals surface area contributed by atoms with Gasteiger partial charge in [0.05, 0.1) is 17.9 Å². The van der Waals surface area contributed by atoms with Crippen molar-refractivity contribution in [2.45, 2.75) is 63.1 Å². The fourth-order valence-corrected chi connectivity index (χ4v) is 3.29. The van der Waals surface area contributed by atoms with Crippen LogP contribution < -0.4 is 5.32 Å². The van der Waals surface area contributed by atoms with Crippen molar-refractivity contribution < 1.29 is 27.9 Å². The van der Waals surface area contributed by atoms with Gasteiger partial charge in [0.25, 0.3) is 0 Å². The molecule has 4 nitrogen and oxygen atoms in total. The van der Waals surface area contributed by atoms with Gasteiger partial charge in [-0.2, -0.15) is 13.2 Å². The van der Waals surface area contributed by atoms with Crippen molar-refractivity contribution >= 4 is 11.9 Å². The number of halogens is 3. The van der Waals surface area contributed by atoms with Gasteiger partial charge in [0.1, 0.15) is 0 Å². The lowest BCUT2D eigenvalue weighted by Crippen LogP contribution is -2.56. The van der Waals surface area contributed by atoms with Gasteiger partial charge in [-0.05, 0) is 44.9 Å². The van der Waals surface area contributed by atoms with Crippen LogP contribution in [-0.2, 0) is 9.59 Å². The van der Waals surface area contributed by atoms with Crippen LogP contribution in [0.5, 0.6) is 0 Å². The molecular weight excluding hydrogens is 287 g/mol. The van der Waals surface area contributed by atoms with Crippen molar-refractivity contribution in [2.24, 2.45) is 11.8 Å². The Morgan fingerprint density at radius 3 is 2.10 bits per heavy atom. The number of nitrogens with one attached hydrogen (secondary N) is 1. The molecule has 0 aromatic heterocycles. The van der Waals surface area contributed by atoms with Crippen LogP contribution in [0.2, 0.25) is 0 Å². The Hall–Kier alpha value is -1.27. The van der Waals surface area contributed by atoms with Gasteiger partial charge in [-0.3, -0.25) is 9.59 Å². The molecule has 0 radical (unpaired) electrons. The maximum absolute atomic E-state index is 12.6. The molecule has 120 valence electrons. The number of alkyl halides is 3. The highest BCUT2D eigenvalue weighted by molar-refractivity contribution is 5.81. The van der Waals surface area contributed by atoms with Gasteiger partial charge in [-0.25, -0.2) is 0 Å². The van der Waals surface area contributed by atoms with Crippen LogP contribution in [0.25, 0.3) is 0 Å². The summed E-state index contributed by atoms with van der Waals surface area (Å²) in [6.07, 6.45) is -1.77. The minimum absolute atomic E-state index is 0.0203. The smallest absolute Gasteiger partial charge is 0.391 e. The molecule has 2 rings (SSSR count). The Morgan fingerprint density at radius 2 is 1.71 bits per heavy atom. The van der Waals surface area contributed by atoms with Crippen LogP contribution in [0.1, 0.15) is 51.4 Å². The first-order valence-electron chi connectivity index (χ1n) is 7.32. The summed E-state index contributed by atoms with van der Waals surface area (Å²) in [5.41, 5.74) is -0.677. The Labute approximate surface area is 121 Å². The number of carboxylic acids is 1. The van der Waals surface area contributed by atoms with Gasteiger partial charge in [-0.1, -0.05) is 0 Å². The monoisotopic (exact) mass is 307 g/mol. The van der Waals surface area contributed by atoms with E-state index in [-0.39, 0.29) is 38.0 Å². The predicted molar refractivity (Wildman–Crippen MR) is 68.5 cm³/mol. The molecule has 7 heteroatoms. The summed E-state index contributed by atoms with van der Waals surface area (Å²) in [5.74, 6) is -2.97. The van der Waals surface area contributed by atoms with E-state index in [0.717, 1.165) is 6.42 Å². The molecule has 0 spiro atoms. The van der Waals surface area contributed by atoms with Gasteiger partial charge in [0, 0.05) is 5.92 Å². The van der Waals surface area contributed by atoms with E-state index in [9.17, 15) is 22.8 Å². The van der Waals surface area contributed by atoms with Crippen molar-refractivity contribution in [1.29, 1.82) is 0 Å². The second-order valence-corrected chi connectivity index (χ2v) is 6.28. The van der Waals surface area contributed by atoms with Crippen LogP contribution in [-0.4, -0.2) is 28.7 Å². The third kappa shape index (κ3) is 3.89. The Kier molecular flexibility index (Phi) is 4.49. The first-order chi connectivity index (χ1) is 9.72. The molecule has 2 aliphatic rings. The van der Waals surface area contributed by atoms with E-state index in [2.05, 4.69) is 5.32 Å². The third-order valence-electron chi connectivity index (χ3n) is 4.75. The molecule has 0 aromatic rings. The van der Waals surface area contributed by atoms with Crippen LogP contribution in [0.4, 0.5) is 13.2 Å². The normalized spacial score (nSPS) is 28.5. The fraction of sp³-hybridized carbons (Fsp3) is 0.857. The van der Waals surface area contributed by atoms with E-state index in [1.165, 1.54) is 0 Å². The SMILES string of the molecule is O=C(O)CC1(NC(=O)C2CCC(C(F)(F)F)CC2)CCC1. The maximum atomic E-state index is 12.6. The van der Waals surface area contributed by atoms with E-state index in [4.69, 9.17) is 5.11 Å². The van der Waals surface area contributed by atoms with Crippen molar-refractivity contribution in [3.63, 3.8) is 0 Å². The van der Waals surface area contributed by atoms with E-state index in [0.29, 0.717) is 12.8 Å². The third-order valence-corrected chi connectivity index (χ3v) is 4.75. The lowest BCUT2D eigenvalue weighted by atomic mass is 9.73. The largest absolute Gasteiger partial charge is 0.481 e. The molecule has 0 heterocycles. The number of rotatable bonds is 4. The topological polar surface area (TPSA) is 66.4 Å². The summed E-state index contributed by atoms with van der Waals surface area (Å²) in [7, 11) is 0. The van der Waals surface area contributed by atoms with Gasteiger partial charge in [0.15, 0.2) is 0 Å². The Morgan fingerprint density at radius 1 is 1.14 bits per heavy atom. The second kappa shape index (κ2) is 5.85. The number of hydrogen-bond donors (Lipinski definition) is 2. The van der Waals surface area contributed by atoms with Gasteiger partial charge < -0.3 is 10.4 Å². The molecule has 2 fully saturated rings. The maximum Gasteiger partial charge on any atom is 0.391 e. The van der Waals surface area contributed by atoms with Crippen LogP contribution in [0, 0.1) is 11.8 Å². The highest BCUT2D eigenvalue weighted by atomic mass is 19.4. The summed E-state index contributed by atoms with van der Waals surface area (Å²) < 4.78 is 37.7. The van der Waals surface area contributed by atoms with Crippen molar-refractivity contribution in [2.75, 3.05) is 0 Å². The number of hydrogen-bond acceptors (Lipinski definition) is 2. The molecule has 0 bridgehead atoms. The van der Waals surface area contributed by atoms with Gasteiger partial charge >= 0.3 is 12.1 Å². The van der Waals surface area contributed by atoms with E-state index < -0.39 is 29.5 Å². The van der Waals surface area contributed by atoms with Crippen LogP contribution in [0.3, 0.4) is 0 Å². The number of carbonyl (C=O) groups excluding carboxylic acids is 1. The number of carbonyl (C=O) groups is 2. The molecule has 2 saturated carbocycles.